The van der Waals surface area contributed by atoms with Gasteiger partial charge >= 0.3 is 5.91 Å². The molecular weight excluding hydrogens is 382 g/mol. The molecule has 1 unspecified atom stereocenters. The highest BCUT2D eigenvalue weighted by atomic mass is 19.1. The minimum Gasteiger partial charge on any atom is -0.303 e. The van der Waals surface area contributed by atoms with Gasteiger partial charge in [0.2, 0.25) is 0 Å². The summed E-state index contributed by atoms with van der Waals surface area (Å²) in [6.45, 7) is 3.94. The molecule has 3 nitrogen and oxygen atoms in total. The number of hydrogen-bond acceptors (Lipinski definition) is 2. The lowest BCUT2D eigenvalue weighted by molar-refractivity contribution is -0.863. The van der Waals surface area contributed by atoms with Crippen molar-refractivity contribution in [3.8, 4) is 0 Å². The Morgan fingerprint density at radius 2 is 1.87 bits per heavy atom. The Labute approximate surface area is 176 Å². The van der Waals surface area contributed by atoms with E-state index in [0.717, 1.165) is 43.2 Å². The molecule has 2 bridgehead atoms. The number of nitrogens with zero attached hydrogens (tertiary/aromatic N) is 2. The summed E-state index contributed by atoms with van der Waals surface area (Å²) in [5.74, 6) is 0.0382. The number of hydrogen-bond donors (Lipinski definition) is 0. The lowest BCUT2D eigenvalue weighted by Gasteiger charge is -2.47. The predicted molar refractivity (Wildman–Crippen MR) is 112 cm³/mol. The molecule has 3 saturated heterocycles. The van der Waals surface area contributed by atoms with Gasteiger partial charge in [-0.1, -0.05) is 24.3 Å². The zero-order chi connectivity index (χ0) is 20.9. The van der Waals surface area contributed by atoms with Crippen LogP contribution in [-0.2, 0) is 11.2 Å². The average molecular weight is 412 g/mol. The maximum Gasteiger partial charge on any atom is 0.314 e. The van der Waals surface area contributed by atoms with Crippen molar-refractivity contribution in [3.05, 3.63) is 70.8 Å². The van der Waals surface area contributed by atoms with E-state index in [1.165, 1.54) is 25.0 Å². The van der Waals surface area contributed by atoms with Crippen molar-refractivity contribution in [2.45, 2.75) is 31.7 Å². The topological polar surface area (TPSA) is 20.3 Å². The van der Waals surface area contributed by atoms with Crippen LogP contribution in [-0.4, -0.2) is 48.5 Å². The van der Waals surface area contributed by atoms with Gasteiger partial charge in [-0.3, -0.25) is 4.48 Å². The van der Waals surface area contributed by atoms with Crippen LogP contribution in [0, 0.1) is 23.5 Å². The Kier molecular flexibility index (Phi) is 4.98. The van der Waals surface area contributed by atoms with Crippen LogP contribution in [0.5, 0.6) is 0 Å². The molecule has 0 aliphatic carbocycles. The maximum absolute atomic E-state index is 14.9. The van der Waals surface area contributed by atoms with Gasteiger partial charge in [-0.2, -0.15) is 0 Å². The molecule has 0 radical (unpaired) electrons. The molecule has 0 N–H and O–H groups in total. The lowest BCUT2D eigenvalue weighted by atomic mass is 9.76. The van der Waals surface area contributed by atoms with E-state index in [1.54, 1.807) is 0 Å². The Morgan fingerprint density at radius 1 is 1.10 bits per heavy atom. The Balaban J connectivity index is 1.52. The third-order valence-electron chi connectivity index (χ3n) is 7.82. The summed E-state index contributed by atoms with van der Waals surface area (Å²) in [6, 6.07) is 11.3. The van der Waals surface area contributed by atoms with Crippen LogP contribution >= 0.6 is 0 Å². The van der Waals surface area contributed by atoms with Crippen LogP contribution in [0.15, 0.2) is 42.5 Å². The number of amides is 1. The molecule has 4 aliphatic heterocycles. The van der Waals surface area contributed by atoms with Gasteiger partial charge in [0.15, 0.2) is 6.04 Å². The molecular formula is C25H29F2N2O+. The van der Waals surface area contributed by atoms with Crippen molar-refractivity contribution in [3.63, 3.8) is 0 Å². The molecule has 158 valence electrons. The van der Waals surface area contributed by atoms with E-state index in [-0.39, 0.29) is 10.4 Å². The number of rotatable bonds is 3. The summed E-state index contributed by atoms with van der Waals surface area (Å²) in [6.07, 6.45) is 3.69. The fourth-order valence-electron chi connectivity index (χ4n) is 6.04. The first-order valence-corrected chi connectivity index (χ1v) is 11.1. The van der Waals surface area contributed by atoms with Crippen LogP contribution in [0.1, 0.15) is 42.0 Å². The Morgan fingerprint density at radius 3 is 2.57 bits per heavy atom. The summed E-state index contributed by atoms with van der Waals surface area (Å²) in [7, 11) is 1.95. The molecule has 3 atom stereocenters. The van der Waals surface area contributed by atoms with E-state index in [0.29, 0.717) is 30.4 Å². The van der Waals surface area contributed by atoms with Crippen molar-refractivity contribution in [1.82, 2.24) is 4.90 Å². The van der Waals surface area contributed by atoms with Gasteiger partial charge in [0.25, 0.3) is 0 Å². The highest BCUT2D eigenvalue weighted by Gasteiger charge is 2.48. The van der Waals surface area contributed by atoms with E-state index < -0.39 is 17.7 Å². The first-order valence-electron chi connectivity index (χ1n) is 11.1. The summed E-state index contributed by atoms with van der Waals surface area (Å²) in [5, 5.41) is 0. The van der Waals surface area contributed by atoms with E-state index >= 15 is 0 Å². The van der Waals surface area contributed by atoms with E-state index in [9.17, 15) is 13.6 Å². The minimum atomic E-state index is -0.590. The molecule has 0 spiro atoms. The van der Waals surface area contributed by atoms with Crippen LogP contribution in [0.3, 0.4) is 0 Å². The number of quaternary nitrogens is 1. The molecule has 1 amide bonds. The monoisotopic (exact) mass is 411 g/mol. The van der Waals surface area contributed by atoms with Gasteiger partial charge in [-0.15, -0.1) is 0 Å². The molecule has 3 fully saturated rings. The standard InChI is InChI=1S/C25H29F2N2O/c1-29(24(30)14-19-16-28-11-8-17(19)9-12-28)13-10-18-4-2-3-5-21(18)25(29)22-7-6-20(26)15-23(22)27/h2-7,15,17,19,25H,8-14,16H2,1H3/q+1/t19-,25-,29?/m1/s1. The molecule has 4 aliphatic rings. The van der Waals surface area contributed by atoms with E-state index in [4.69, 9.17) is 0 Å². The Hall–Kier alpha value is -2.11. The zero-order valence-electron chi connectivity index (χ0n) is 17.5. The van der Waals surface area contributed by atoms with Gasteiger partial charge < -0.3 is 4.90 Å². The van der Waals surface area contributed by atoms with Crippen LogP contribution in [0.2, 0.25) is 0 Å². The second-order valence-corrected chi connectivity index (χ2v) is 9.50. The second-order valence-electron chi connectivity index (χ2n) is 9.50. The highest BCUT2D eigenvalue weighted by Crippen LogP contribution is 2.43. The van der Waals surface area contributed by atoms with Crippen molar-refractivity contribution in [1.29, 1.82) is 0 Å². The van der Waals surface area contributed by atoms with Crippen molar-refractivity contribution >= 4 is 5.91 Å². The molecule has 2 aromatic carbocycles. The summed E-state index contributed by atoms with van der Waals surface area (Å²) in [4.78, 5) is 16.3. The first kappa shape index (κ1) is 19.8. The molecule has 0 aromatic heterocycles. The maximum atomic E-state index is 14.9. The largest absolute Gasteiger partial charge is 0.314 e. The fourth-order valence-corrected chi connectivity index (χ4v) is 6.04. The lowest BCUT2D eigenvalue weighted by Crippen LogP contribution is -2.57. The molecule has 2 aromatic rings. The van der Waals surface area contributed by atoms with Crippen molar-refractivity contribution in [2.24, 2.45) is 11.8 Å². The second kappa shape index (κ2) is 7.54. The minimum absolute atomic E-state index is 0.156. The summed E-state index contributed by atoms with van der Waals surface area (Å²) < 4.78 is 28.7. The third-order valence-corrected chi connectivity index (χ3v) is 7.82. The number of fused-ring (bicyclic) bond motifs is 4. The van der Waals surface area contributed by atoms with Crippen LogP contribution in [0.4, 0.5) is 8.78 Å². The molecule has 5 heteroatoms. The average Bonchev–Trinajstić information content (AvgIpc) is 2.75. The molecule has 30 heavy (non-hydrogen) atoms. The number of carbonyl (C=O) groups is 1. The van der Waals surface area contributed by atoms with Gasteiger partial charge in [0, 0.05) is 24.6 Å². The highest BCUT2D eigenvalue weighted by molar-refractivity contribution is 5.70. The number of halogens is 2. The normalized spacial score (nSPS) is 32.6. The van der Waals surface area contributed by atoms with E-state index in [1.807, 2.05) is 25.2 Å². The van der Waals surface area contributed by atoms with Crippen LogP contribution in [0.25, 0.3) is 0 Å². The van der Waals surface area contributed by atoms with Gasteiger partial charge in [0.05, 0.1) is 25.6 Å². The predicted octanol–water partition coefficient (Wildman–Crippen LogP) is 4.32. The van der Waals surface area contributed by atoms with Crippen molar-refractivity contribution in [2.75, 3.05) is 33.2 Å². The number of piperidine rings is 3. The quantitative estimate of drug-likeness (QED) is 0.702. The summed E-state index contributed by atoms with van der Waals surface area (Å²) in [5.41, 5.74) is 2.55. The van der Waals surface area contributed by atoms with Gasteiger partial charge in [-0.05, 0) is 55.5 Å². The Bertz CT molecular complexity index is 969. The van der Waals surface area contributed by atoms with Gasteiger partial charge in [0.1, 0.15) is 11.6 Å². The third kappa shape index (κ3) is 3.28. The summed E-state index contributed by atoms with van der Waals surface area (Å²) >= 11 is 0. The SMILES string of the molecule is C[N+]1(C(=O)C[C@@H]2CN3CCC2CC3)CCc2ccccc2[C@@H]1c1ccc(F)cc1F. The number of benzene rings is 2. The van der Waals surface area contributed by atoms with E-state index in [2.05, 4.69) is 11.0 Å². The van der Waals surface area contributed by atoms with Crippen LogP contribution < -0.4 is 0 Å². The smallest absolute Gasteiger partial charge is 0.303 e. The van der Waals surface area contributed by atoms with Gasteiger partial charge in [-0.25, -0.2) is 13.6 Å². The number of likely N-dealkylation sites (N-methyl/N-ethyl adjacent to an activating group) is 1. The molecule has 4 heterocycles. The zero-order valence-corrected chi connectivity index (χ0v) is 17.5. The first-order chi connectivity index (χ1) is 14.5. The molecule has 6 rings (SSSR count). The fraction of sp³-hybridized carbons (Fsp3) is 0.480. The molecule has 0 saturated carbocycles. The van der Waals surface area contributed by atoms with Crippen molar-refractivity contribution < 1.29 is 18.1 Å². The number of carbonyl (C=O) groups excluding carboxylic acids is 1.